The van der Waals surface area contributed by atoms with Crippen molar-refractivity contribution in [3.05, 3.63) is 35.4 Å². The van der Waals surface area contributed by atoms with Gasteiger partial charge in [0.2, 0.25) is 0 Å². The van der Waals surface area contributed by atoms with Crippen LogP contribution in [0.4, 0.5) is 8.78 Å². The average Bonchev–Trinajstić information content (AvgIpc) is 2.16. The maximum absolute atomic E-state index is 13.4. The molecule has 86 valence electrons. The van der Waals surface area contributed by atoms with Crippen LogP contribution >= 0.6 is 0 Å². The van der Waals surface area contributed by atoms with Gasteiger partial charge in [-0.15, -0.1) is 0 Å². The maximum atomic E-state index is 13.4. The summed E-state index contributed by atoms with van der Waals surface area (Å²) in [6, 6.07) is 2.89. The van der Waals surface area contributed by atoms with E-state index in [1.807, 2.05) is 0 Å². The molecule has 0 amide bonds. The van der Waals surface area contributed by atoms with E-state index in [0.29, 0.717) is 6.07 Å². The van der Waals surface area contributed by atoms with E-state index < -0.39 is 22.8 Å². The number of carbonyl (C=O) groups is 1. The van der Waals surface area contributed by atoms with Crippen molar-refractivity contribution in [2.75, 3.05) is 19.8 Å². The molecular formula is C11H11F2NO2. The molecule has 0 saturated carbocycles. The summed E-state index contributed by atoms with van der Waals surface area (Å²) in [5.41, 5.74) is 4.53. The number of hydrogen-bond donors (Lipinski definition) is 1. The second kappa shape index (κ2) is 3.92. The highest BCUT2D eigenvalue weighted by molar-refractivity contribution is 6.01. The highest BCUT2D eigenvalue weighted by atomic mass is 19.1. The van der Waals surface area contributed by atoms with Crippen molar-refractivity contribution < 1.29 is 18.3 Å². The summed E-state index contributed by atoms with van der Waals surface area (Å²) in [5.74, 6) is -1.98. The van der Waals surface area contributed by atoms with Crippen LogP contribution in [0.5, 0.6) is 0 Å². The fraction of sp³-hybridized carbons (Fsp3) is 0.364. The fourth-order valence-corrected chi connectivity index (χ4v) is 1.65. The van der Waals surface area contributed by atoms with Gasteiger partial charge in [0.1, 0.15) is 11.6 Å². The predicted molar refractivity (Wildman–Crippen MR) is 53.0 cm³/mol. The third-order valence-corrected chi connectivity index (χ3v) is 2.80. The van der Waals surface area contributed by atoms with E-state index >= 15 is 0 Å². The number of nitrogens with two attached hydrogens (primary N) is 1. The molecule has 0 unspecified atom stereocenters. The molecule has 3 nitrogen and oxygen atoms in total. The zero-order valence-electron chi connectivity index (χ0n) is 8.50. The Bertz CT molecular complexity index is 424. The second-order valence-electron chi connectivity index (χ2n) is 3.93. The Labute approximate surface area is 91.2 Å². The van der Waals surface area contributed by atoms with Crippen molar-refractivity contribution in [2.24, 2.45) is 11.1 Å². The Morgan fingerprint density at radius 1 is 1.44 bits per heavy atom. The van der Waals surface area contributed by atoms with E-state index in [-0.39, 0.29) is 25.3 Å². The molecular weight excluding hydrogens is 216 g/mol. The van der Waals surface area contributed by atoms with Crippen LogP contribution < -0.4 is 5.73 Å². The number of ketones is 1. The molecule has 1 aromatic rings. The maximum Gasteiger partial charge on any atom is 0.177 e. The Morgan fingerprint density at radius 2 is 2.12 bits per heavy atom. The molecule has 1 aromatic carbocycles. The van der Waals surface area contributed by atoms with Gasteiger partial charge >= 0.3 is 0 Å². The van der Waals surface area contributed by atoms with Crippen LogP contribution in [0.15, 0.2) is 18.2 Å². The highest BCUT2D eigenvalue weighted by Crippen LogP contribution is 2.31. The van der Waals surface area contributed by atoms with Crippen molar-refractivity contribution in [3.63, 3.8) is 0 Å². The lowest BCUT2D eigenvalue weighted by Gasteiger charge is -2.38. The summed E-state index contributed by atoms with van der Waals surface area (Å²) in [4.78, 5) is 12.0. The molecule has 0 aliphatic carbocycles. The van der Waals surface area contributed by atoms with Gasteiger partial charge in [0.25, 0.3) is 0 Å². The average molecular weight is 227 g/mol. The van der Waals surface area contributed by atoms with E-state index in [2.05, 4.69) is 0 Å². The van der Waals surface area contributed by atoms with E-state index in [9.17, 15) is 13.6 Å². The van der Waals surface area contributed by atoms with Crippen LogP contribution in [0.3, 0.4) is 0 Å². The van der Waals surface area contributed by atoms with Gasteiger partial charge in [-0.25, -0.2) is 8.78 Å². The first kappa shape index (κ1) is 11.2. The standard InChI is InChI=1S/C11H11F2NO2/c12-7-1-2-8(9(13)3-7)10(15)11(4-14)5-16-6-11/h1-3H,4-6,14H2. The lowest BCUT2D eigenvalue weighted by atomic mass is 9.78. The molecule has 1 aliphatic heterocycles. The molecule has 1 fully saturated rings. The van der Waals surface area contributed by atoms with E-state index in [4.69, 9.17) is 10.5 Å². The van der Waals surface area contributed by atoms with Gasteiger partial charge in [0, 0.05) is 12.6 Å². The van der Waals surface area contributed by atoms with E-state index in [1.165, 1.54) is 0 Å². The van der Waals surface area contributed by atoms with Gasteiger partial charge in [-0.1, -0.05) is 0 Å². The Kier molecular flexibility index (Phi) is 2.73. The van der Waals surface area contributed by atoms with Crippen molar-refractivity contribution in [1.82, 2.24) is 0 Å². The molecule has 1 saturated heterocycles. The zero-order valence-corrected chi connectivity index (χ0v) is 8.50. The molecule has 1 aliphatic rings. The first-order chi connectivity index (χ1) is 7.59. The van der Waals surface area contributed by atoms with Crippen LogP contribution in [-0.4, -0.2) is 25.5 Å². The summed E-state index contributed by atoms with van der Waals surface area (Å²) in [6.45, 7) is 0.487. The number of Topliss-reactive ketones (excluding diaryl/α,β-unsaturated/α-hetero) is 1. The molecule has 16 heavy (non-hydrogen) atoms. The Hall–Kier alpha value is -1.33. The molecule has 0 atom stereocenters. The van der Waals surface area contributed by atoms with Crippen LogP contribution in [0.1, 0.15) is 10.4 Å². The van der Waals surface area contributed by atoms with Gasteiger partial charge < -0.3 is 10.5 Å². The largest absolute Gasteiger partial charge is 0.379 e. The highest BCUT2D eigenvalue weighted by Gasteiger charge is 2.45. The van der Waals surface area contributed by atoms with Crippen molar-refractivity contribution in [3.8, 4) is 0 Å². The van der Waals surface area contributed by atoms with Gasteiger partial charge in [0.15, 0.2) is 5.78 Å². The van der Waals surface area contributed by atoms with Crippen molar-refractivity contribution in [1.29, 1.82) is 0 Å². The minimum atomic E-state index is -0.857. The minimum absolute atomic E-state index is 0.0999. The van der Waals surface area contributed by atoms with Gasteiger partial charge in [-0.2, -0.15) is 0 Å². The summed E-state index contributed by atoms with van der Waals surface area (Å²) < 4.78 is 31.0. The molecule has 0 bridgehead atoms. The summed E-state index contributed by atoms with van der Waals surface area (Å²) in [5, 5.41) is 0. The number of benzene rings is 1. The SMILES string of the molecule is NCC1(C(=O)c2ccc(F)cc2F)COC1. The van der Waals surface area contributed by atoms with Crippen LogP contribution in [0.25, 0.3) is 0 Å². The summed E-state index contributed by atoms with van der Waals surface area (Å²) in [7, 11) is 0. The molecule has 5 heteroatoms. The monoisotopic (exact) mass is 227 g/mol. The lowest BCUT2D eigenvalue weighted by Crippen LogP contribution is -2.54. The second-order valence-corrected chi connectivity index (χ2v) is 3.93. The zero-order chi connectivity index (χ0) is 11.8. The first-order valence-corrected chi connectivity index (χ1v) is 4.87. The number of rotatable bonds is 3. The predicted octanol–water partition coefficient (Wildman–Crippen LogP) is 1.12. The molecule has 0 spiro atoms. The van der Waals surface area contributed by atoms with Gasteiger partial charge in [0.05, 0.1) is 24.2 Å². The topological polar surface area (TPSA) is 52.3 Å². The quantitative estimate of drug-likeness (QED) is 0.787. The Balaban J connectivity index is 2.33. The third-order valence-electron chi connectivity index (χ3n) is 2.80. The van der Waals surface area contributed by atoms with E-state index in [0.717, 1.165) is 12.1 Å². The Morgan fingerprint density at radius 3 is 2.56 bits per heavy atom. The van der Waals surface area contributed by atoms with Crippen molar-refractivity contribution >= 4 is 5.78 Å². The van der Waals surface area contributed by atoms with E-state index in [1.54, 1.807) is 0 Å². The number of hydrogen-bond acceptors (Lipinski definition) is 3. The molecule has 2 N–H and O–H groups in total. The number of ether oxygens (including phenoxy) is 1. The third kappa shape index (κ3) is 1.62. The van der Waals surface area contributed by atoms with Crippen LogP contribution in [-0.2, 0) is 4.74 Å². The smallest absolute Gasteiger partial charge is 0.177 e. The van der Waals surface area contributed by atoms with Crippen molar-refractivity contribution in [2.45, 2.75) is 0 Å². The normalized spacial score (nSPS) is 17.9. The molecule has 2 rings (SSSR count). The van der Waals surface area contributed by atoms with Crippen LogP contribution in [0.2, 0.25) is 0 Å². The first-order valence-electron chi connectivity index (χ1n) is 4.87. The summed E-state index contributed by atoms with van der Waals surface area (Å²) >= 11 is 0. The molecule has 1 heterocycles. The van der Waals surface area contributed by atoms with Gasteiger partial charge in [-0.05, 0) is 12.1 Å². The minimum Gasteiger partial charge on any atom is -0.379 e. The molecule has 0 radical (unpaired) electrons. The van der Waals surface area contributed by atoms with Gasteiger partial charge in [-0.3, -0.25) is 4.79 Å². The van der Waals surface area contributed by atoms with Crippen LogP contribution in [0, 0.1) is 17.0 Å². The number of halogens is 2. The fourth-order valence-electron chi connectivity index (χ4n) is 1.65. The number of carbonyl (C=O) groups excluding carboxylic acids is 1. The lowest BCUT2D eigenvalue weighted by molar-refractivity contribution is -0.0817. The summed E-state index contributed by atoms with van der Waals surface area (Å²) in [6.07, 6.45) is 0. The molecule has 0 aromatic heterocycles.